The summed E-state index contributed by atoms with van der Waals surface area (Å²) in [5.41, 5.74) is 3.79. The number of aliphatic hydroxyl groups is 1. The Labute approximate surface area is 183 Å². The van der Waals surface area contributed by atoms with Crippen LogP contribution < -0.4 is 5.32 Å². The Bertz CT molecular complexity index is 1020. The highest BCUT2D eigenvalue weighted by atomic mass is 32.1. The minimum atomic E-state index is -1.24. The third kappa shape index (κ3) is 3.88. The Morgan fingerprint density at radius 1 is 1.23 bits per heavy atom. The number of carbonyl (C=O) groups is 3. The van der Waals surface area contributed by atoms with Gasteiger partial charge in [0.2, 0.25) is 11.8 Å². The molecule has 9 nitrogen and oxygen atoms in total. The normalized spacial score (nSPS) is 22.2. The van der Waals surface area contributed by atoms with Crippen LogP contribution in [-0.2, 0) is 15.1 Å². The molecule has 10 heteroatoms. The number of aromatic nitrogens is 1. The van der Waals surface area contributed by atoms with Crippen molar-refractivity contribution in [1.82, 2.24) is 20.1 Å². The fourth-order valence-corrected chi connectivity index (χ4v) is 5.09. The number of benzene rings is 1. The number of aliphatic hydroxyl groups excluding tert-OH is 1. The second-order valence-electron chi connectivity index (χ2n) is 8.13. The maximum absolute atomic E-state index is 13.0. The van der Waals surface area contributed by atoms with E-state index >= 15 is 0 Å². The zero-order valence-corrected chi connectivity index (χ0v) is 18.1. The number of nitrogens with zero attached hydrogens (tertiary/aromatic N) is 3. The minimum absolute atomic E-state index is 0.0498. The van der Waals surface area contributed by atoms with Gasteiger partial charge in [-0.2, -0.15) is 0 Å². The van der Waals surface area contributed by atoms with E-state index in [1.165, 1.54) is 6.92 Å². The fraction of sp³-hybridized carbons (Fsp3) is 0.429. The van der Waals surface area contributed by atoms with Crippen LogP contribution in [0.3, 0.4) is 0 Å². The van der Waals surface area contributed by atoms with E-state index in [9.17, 15) is 24.6 Å². The summed E-state index contributed by atoms with van der Waals surface area (Å²) in [6.45, 7) is 3.93. The number of thiazole rings is 1. The zero-order valence-electron chi connectivity index (χ0n) is 17.2. The molecule has 3 amide bonds. The molecule has 0 saturated carbocycles. The second kappa shape index (κ2) is 7.93. The molecule has 4 rings (SSSR count). The predicted molar refractivity (Wildman–Crippen MR) is 114 cm³/mol. The standard InChI is InChI=1S/C21H24N4O5S/c1-12-18(31-11-22-12)14-3-5-15(6-4-14)21(9-24(10-21)13(2)26)23-19(28)17-7-16(27)8-25(17)20(29)30/h3-6,11,16-17,27H,7-10H2,1-2H3,(H,23,28)(H,29,30)/t16-,17-/m1/s1. The first-order chi connectivity index (χ1) is 14.7. The molecule has 164 valence electrons. The van der Waals surface area contributed by atoms with Crippen LogP contribution in [0.25, 0.3) is 10.4 Å². The molecule has 1 aromatic carbocycles. The first-order valence-corrected chi connectivity index (χ1v) is 10.8. The topological polar surface area (TPSA) is 123 Å². The molecule has 1 aromatic heterocycles. The van der Waals surface area contributed by atoms with Crippen LogP contribution >= 0.6 is 11.3 Å². The van der Waals surface area contributed by atoms with Gasteiger partial charge in [-0.1, -0.05) is 24.3 Å². The van der Waals surface area contributed by atoms with E-state index in [-0.39, 0.29) is 18.9 Å². The Balaban J connectivity index is 1.59. The summed E-state index contributed by atoms with van der Waals surface area (Å²) in [6.07, 6.45) is -2.07. The van der Waals surface area contributed by atoms with Crippen molar-refractivity contribution < 1.29 is 24.6 Å². The number of aryl methyl sites for hydroxylation is 1. The van der Waals surface area contributed by atoms with E-state index in [0.717, 1.165) is 26.6 Å². The van der Waals surface area contributed by atoms with Gasteiger partial charge in [-0.05, 0) is 18.1 Å². The Kier molecular flexibility index (Phi) is 5.44. The summed E-state index contributed by atoms with van der Waals surface area (Å²) >= 11 is 1.55. The molecule has 2 aliphatic heterocycles. The van der Waals surface area contributed by atoms with Gasteiger partial charge in [-0.25, -0.2) is 9.78 Å². The third-order valence-corrected chi connectivity index (χ3v) is 6.98. The first kappa shape index (κ1) is 21.3. The lowest BCUT2D eigenvalue weighted by Gasteiger charge is -2.51. The summed E-state index contributed by atoms with van der Waals surface area (Å²) < 4.78 is 0. The van der Waals surface area contributed by atoms with Crippen molar-refractivity contribution in [1.29, 1.82) is 0 Å². The van der Waals surface area contributed by atoms with Gasteiger partial charge in [0.05, 0.1) is 28.7 Å². The molecule has 0 bridgehead atoms. The third-order valence-electron chi connectivity index (χ3n) is 6.00. The number of likely N-dealkylation sites (tertiary alicyclic amines) is 2. The molecule has 2 aliphatic rings. The lowest BCUT2D eigenvalue weighted by atomic mass is 9.81. The van der Waals surface area contributed by atoms with Gasteiger partial charge in [-0.3, -0.25) is 14.5 Å². The molecule has 2 saturated heterocycles. The zero-order chi connectivity index (χ0) is 22.3. The van der Waals surface area contributed by atoms with Crippen molar-refractivity contribution >= 4 is 29.2 Å². The highest BCUT2D eigenvalue weighted by Gasteiger charge is 2.49. The van der Waals surface area contributed by atoms with Crippen molar-refractivity contribution in [3.63, 3.8) is 0 Å². The molecule has 2 aromatic rings. The first-order valence-electron chi connectivity index (χ1n) is 9.96. The SMILES string of the molecule is CC(=O)N1CC(NC(=O)[C@H]2C[C@@H](O)CN2C(=O)O)(c2ccc(-c3scnc3C)cc2)C1. The number of β-amino-alcohol motifs (C(OH)–C–C–N with tert-alkyl or cyclic N) is 1. The van der Waals surface area contributed by atoms with Gasteiger partial charge >= 0.3 is 6.09 Å². The van der Waals surface area contributed by atoms with Crippen LogP contribution in [0.2, 0.25) is 0 Å². The van der Waals surface area contributed by atoms with Gasteiger partial charge in [-0.15, -0.1) is 11.3 Å². The van der Waals surface area contributed by atoms with E-state index in [1.54, 1.807) is 21.7 Å². The van der Waals surface area contributed by atoms with Crippen molar-refractivity contribution in [2.24, 2.45) is 0 Å². The largest absolute Gasteiger partial charge is 0.465 e. The van der Waals surface area contributed by atoms with E-state index in [1.807, 2.05) is 31.2 Å². The average molecular weight is 445 g/mol. The van der Waals surface area contributed by atoms with Crippen LogP contribution in [0, 0.1) is 6.92 Å². The van der Waals surface area contributed by atoms with E-state index in [2.05, 4.69) is 10.3 Å². The van der Waals surface area contributed by atoms with Crippen molar-refractivity contribution in [2.75, 3.05) is 19.6 Å². The summed E-state index contributed by atoms with van der Waals surface area (Å²) in [5, 5.41) is 22.2. The Morgan fingerprint density at radius 2 is 1.90 bits per heavy atom. The number of carboxylic acid groups (broad SMARTS) is 1. The van der Waals surface area contributed by atoms with Crippen molar-refractivity contribution in [3.05, 3.63) is 41.0 Å². The van der Waals surface area contributed by atoms with Gasteiger partial charge in [0, 0.05) is 26.4 Å². The molecule has 3 heterocycles. The van der Waals surface area contributed by atoms with Gasteiger partial charge in [0.15, 0.2) is 0 Å². The molecule has 2 atom stereocenters. The molecule has 0 unspecified atom stereocenters. The number of amides is 3. The summed E-state index contributed by atoms with van der Waals surface area (Å²) in [4.78, 5) is 44.2. The Hall–Kier alpha value is -2.98. The fourth-order valence-electron chi connectivity index (χ4n) is 4.27. The minimum Gasteiger partial charge on any atom is -0.465 e. The maximum Gasteiger partial charge on any atom is 0.408 e. The summed E-state index contributed by atoms with van der Waals surface area (Å²) in [7, 11) is 0. The monoisotopic (exact) mass is 444 g/mol. The molecule has 0 aliphatic carbocycles. The number of hydrogen-bond donors (Lipinski definition) is 3. The van der Waals surface area contributed by atoms with Gasteiger partial charge < -0.3 is 20.4 Å². The van der Waals surface area contributed by atoms with Crippen LogP contribution in [0.4, 0.5) is 4.79 Å². The number of hydrogen-bond acceptors (Lipinski definition) is 6. The van der Waals surface area contributed by atoms with Crippen LogP contribution in [0.1, 0.15) is 24.6 Å². The highest BCUT2D eigenvalue weighted by molar-refractivity contribution is 7.13. The molecule has 2 fully saturated rings. The molecular weight excluding hydrogens is 420 g/mol. The quantitative estimate of drug-likeness (QED) is 0.655. The predicted octanol–water partition coefficient (Wildman–Crippen LogP) is 1.41. The van der Waals surface area contributed by atoms with Crippen LogP contribution in [0.15, 0.2) is 29.8 Å². The lowest BCUT2D eigenvalue weighted by Crippen LogP contribution is -2.70. The number of carbonyl (C=O) groups excluding carboxylic acids is 2. The molecule has 31 heavy (non-hydrogen) atoms. The van der Waals surface area contributed by atoms with Crippen LogP contribution in [-0.4, -0.2) is 74.7 Å². The van der Waals surface area contributed by atoms with Crippen LogP contribution in [0.5, 0.6) is 0 Å². The van der Waals surface area contributed by atoms with Gasteiger partial charge in [0.25, 0.3) is 0 Å². The molecule has 0 radical (unpaired) electrons. The number of rotatable bonds is 4. The lowest BCUT2D eigenvalue weighted by molar-refractivity contribution is -0.142. The van der Waals surface area contributed by atoms with E-state index < -0.39 is 29.7 Å². The summed E-state index contributed by atoms with van der Waals surface area (Å²) in [5.74, 6) is -0.560. The highest BCUT2D eigenvalue weighted by Crippen LogP contribution is 2.35. The average Bonchev–Trinajstić information content (AvgIpc) is 3.30. The maximum atomic E-state index is 13.0. The van der Waals surface area contributed by atoms with Crippen molar-refractivity contribution in [3.8, 4) is 10.4 Å². The van der Waals surface area contributed by atoms with E-state index in [4.69, 9.17) is 0 Å². The second-order valence-corrected chi connectivity index (χ2v) is 8.99. The molecular formula is C21H24N4O5S. The van der Waals surface area contributed by atoms with E-state index in [0.29, 0.717) is 13.1 Å². The van der Waals surface area contributed by atoms with Gasteiger partial charge in [0.1, 0.15) is 11.6 Å². The summed E-state index contributed by atoms with van der Waals surface area (Å²) in [6, 6.07) is 6.80. The number of nitrogens with one attached hydrogen (secondary N) is 1. The molecule has 0 spiro atoms. The Morgan fingerprint density at radius 3 is 2.45 bits per heavy atom. The van der Waals surface area contributed by atoms with Crippen molar-refractivity contribution in [2.45, 2.75) is 38.0 Å². The molecule has 3 N–H and O–H groups in total. The smallest absolute Gasteiger partial charge is 0.408 e.